The largest absolute Gasteiger partial charge is 0.352 e. The van der Waals surface area contributed by atoms with E-state index in [9.17, 15) is 18.0 Å². The number of nitrogens with zero attached hydrogens (tertiary/aromatic N) is 2. The molecule has 0 fully saturated rings. The molecule has 0 bridgehead atoms. The van der Waals surface area contributed by atoms with E-state index in [1.54, 1.807) is 55.5 Å². The highest BCUT2D eigenvalue weighted by Gasteiger charge is 2.30. The standard InChI is InChI=1S/C23H29Cl2N3O4S/c1-5-16(2)26-23(30)17(3)27(14-18-11-12-19(24)13-21(18)25)22(29)15-28(33(4,31)32)20-9-7-6-8-10-20/h6-13,16-17H,5,14-15H2,1-4H3,(H,26,30)/t16-,17-/m1/s1. The number of rotatable bonds is 10. The second-order valence-electron chi connectivity index (χ2n) is 7.86. The molecular weight excluding hydrogens is 485 g/mol. The van der Waals surface area contributed by atoms with E-state index in [1.165, 1.54) is 4.90 Å². The highest BCUT2D eigenvalue weighted by Crippen LogP contribution is 2.24. The molecule has 2 amide bonds. The predicted octanol–water partition coefficient (Wildman–Crippen LogP) is 4.09. The number of amides is 2. The van der Waals surface area contributed by atoms with Gasteiger partial charge in [0.15, 0.2) is 0 Å². The van der Waals surface area contributed by atoms with Gasteiger partial charge >= 0.3 is 0 Å². The average Bonchev–Trinajstić information content (AvgIpc) is 2.76. The van der Waals surface area contributed by atoms with E-state index in [1.807, 2.05) is 13.8 Å². The lowest BCUT2D eigenvalue weighted by Crippen LogP contribution is -2.52. The van der Waals surface area contributed by atoms with Gasteiger partial charge in [0.05, 0.1) is 11.9 Å². The molecule has 2 atom stereocenters. The number of anilines is 1. The van der Waals surface area contributed by atoms with Crippen LogP contribution in [-0.2, 0) is 26.2 Å². The molecule has 10 heteroatoms. The highest BCUT2D eigenvalue weighted by molar-refractivity contribution is 7.92. The highest BCUT2D eigenvalue weighted by atomic mass is 35.5. The number of nitrogens with one attached hydrogen (secondary N) is 1. The van der Waals surface area contributed by atoms with Gasteiger partial charge < -0.3 is 10.2 Å². The van der Waals surface area contributed by atoms with Crippen LogP contribution >= 0.6 is 23.2 Å². The number of hydrogen-bond acceptors (Lipinski definition) is 4. The molecule has 0 unspecified atom stereocenters. The number of halogens is 2. The Hall–Kier alpha value is -2.29. The molecule has 0 spiro atoms. The fraction of sp³-hybridized carbons (Fsp3) is 0.391. The van der Waals surface area contributed by atoms with Crippen molar-refractivity contribution < 1.29 is 18.0 Å². The minimum absolute atomic E-state index is 0.0102. The first kappa shape index (κ1) is 27.0. The third kappa shape index (κ3) is 7.62. The van der Waals surface area contributed by atoms with Crippen molar-refractivity contribution in [3.8, 4) is 0 Å². The van der Waals surface area contributed by atoms with Crippen molar-refractivity contribution >= 4 is 50.7 Å². The van der Waals surface area contributed by atoms with Gasteiger partial charge in [-0.15, -0.1) is 0 Å². The SMILES string of the molecule is CC[C@@H](C)NC(=O)[C@@H](C)N(Cc1ccc(Cl)cc1Cl)C(=O)CN(c1ccccc1)S(C)(=O)=O. The van der Waals surface area contributed by atoms with E-state index in [0.717, 1.165) is 17.0 Å². The first-order chi connectivity index (χ1) is 15.4. The van der Waals surface area contributed by atoms with E-state index in [-0.39, 0.29) is 18.5 Å². The van der Waals surface area contributed by atoms with Crippen LogP contribution in [0.4, 0.5) is 5.69 Å². The van der Waals surface area contributed by atoms with Crippen molar-refractivity contribution in [1.82, 2.24) is 10.2 Å². The summed E-state index contributed by atoms with van der Waals surface area (Å²) in [6, 6.07) is 12.3. The summed E-state index contributed by atoms with van der Waals surface area (Å²) in [5.41, 5.74) is 0.942. The fourth-order valence-corrected chi connectivity index (χ4v) is 4.41. The van der Waals surface area contributed by atoms with Gasteiger partial charge in [-0.2, -0.15) is 0 Å². The topological polar surface area (TPSA) is 86.8 Å². The molecule has 7 nitrogen and oxygen atoms in total. The number of sulfonamides is 1. The molecule has 180 valence electrons. The lowest BCUT2D eigenvalue weighted by molar-refractivity contribution is -0.139. The Labute approximate surface area is 205 Å². The second kappa shape index (κ2) is 11.7. The van der Waals surface area contributed by atoms with Crippen LogP contribution in [0.2, 0.25) is 10.0 Å². The summed E-state index contributed by atoms with van der Waals surface area (Å²) in [6.45, 7) is 4.96. The molecule has 2 aromatic rings. The van der Waals surface area contributed by atoms with Crippen molar-refractivity contribution in [3.63, 3.8) is 0 Å². The Kier molecular flexibility index (Phi) is 9.57. The Morgan fingerprint density at radius 3 is 2.24 bits per heavy atom. The molecule has 0 saturated heterocycles. The first-order valence-electron chi connectivity index (χ1n) is 10.5. The number of para-hydroxylation sites is 1. The van der Waals surface area contributed by atoms with Gasteiger partial charge in [0.1, 0.15) is 12.6 Å². The van der Waals surface area contributed by atoms with Crippen molar-refractivity contribution in [2.24, 2.45) is 0 Å². The van der Waals surface area contributed by atoms with Gasteiger partial charge in [-0.1, -0.05) is 54.4 Å². The lowest BCUT2D eigenvalue weighted by Gasteiger charge is -2.32. The Bertz CT molecular complexity index is 1080. The molecular formula is C23H29Cl2N3O4S. The molecule has 0 aliphatic heterocycles. The summed E-state index contributed by atoms with van der Waals surface area (Å²) in [4.78, 5) is 27.6. The van der Waals surface area contributed by atoms with E-state index < -0.39 is 28.5 Å². The maximum Gasteiger partial charge on any atom is 0.244 e. The van der Waals surface area contributed by atoms with Crippen LogP contribution in [0.15, 0.2) is 48.5 Å². The summed E-state index contributed by atoms with van der Waals surface area (Å²) in [5, 5.41) is 3.66. The van der Waals surface area contributed by atoms with Gasteiger partial charge in [-0.25, -0.2) is 8.42 Å². The number of carbonyl (C=O) groups excluding carboxylic acids is 2. The Morgan fingerprint density at radius 2 is 1.70 bits per heavy atom. The molecule has 0 radical (unpaired) electrons. The van der Waals surface area contributed by atoms with Crippen LogP contribution in [0, 0.1) is 0 Å². The van der Waals surface area contributed by atoms with Crippen molar-refractivity contribution in [3.05, 3.63) is 64.1 Å². The summed E-state index contributed by atoms with van der Waals surface area (Å²) in [5.74, 6) is -0.879. The normalized spacial score (nSPS) is 13.2. The zero-order valence-corrected chi connectivity index (χ0v) is 21.4. The van der Waals surface area contributed by atoms with Crippen LogP contribution in [0.5, 0.6) is 0 Å². The number of benzene rings is 2. The molecule has 2 aromatic carbocycles. The third-order valence-electron chi connectivity index (χ3n) is 5.25. The molecule has 1 N–H and O–H groups in total. The van der Waals surface area contributed by atoms with Crippen LogP contribution in [-0.4, -0.2) is 50.0 Å². The van der Waals surface area contributed by atoms with Gasteiger partial charge in [0.2, 0.25) is 21.8 Å². The minimum atomic E-state index is -3.76. The molecule has 33 heavy (non-hydrogen) atoms. The molecule has 0 aromatic heterocycles. The molecule has 0 aliphatic rings. The van der Waals surface area contributed by atoms with Gasteiger partial charge in [-0.3, -0.25) is 13.9 Å². The van der Waals surface area contributed by atoms with Crippen LogP contribution in [0.25, 0.3) is 0 Å². The predicted molar refractivity (Wildman–Crippen MR) is 133 cm³/mol. The quantitative estimate of drug-likeness (QED) is 0.518. The smallest absolute Gasteiger partial charge is 0.244 e. The second-order valence-corrected chi connectivity index (χ2v) is 10.6. The Morgan fingerprint density at radius 1 is 1.06 bits per heavy atom. The summed E-state index contributed by atoms with van der Waals surface area (Å²) >= 11 is 12.3. The van der Waals surface area contributed by atoms with Crippen LogP contribution < -0.4 is 9.62 Å². The van der Waals surface area contributed by atoms with Crippen molar-refractivity contribution in [2.75, 3.05) is 17.1 Å². The van der Waals surface area contributed by atoms with Crippen LogP contribution in [0.3, 0.4) is 0 Å². The Balaban J connectivity index is 2.39. The van der Waals surface area contributed by atoms with Gasteiger partial charge in [0, 0.05) is 22.6 Å². The van der Waals surface area contributed by atoms with E-state index in [2.05, 4.69) is 5.32 Å². The average molecular weight is 514 g/mol. The van der Waals surface area contributed by atoms with Gasteiger partial charge in [-0.05, 0) is 50.1 Å². The molecule has 2 rings (SSSR count). The zero-order chi connectivity index (χ0) is 24.8. The lowest BCUT2D eigenvalue weighted by atomic mass is 10.1. The zero-order valence-electron chi connectivity index (χ0n) is 19.1. The third-order valence-corrected chi connectivity index (χ3v) is 6.98. The van der Waals surface area contributed by atoms with Crippen LogP contribution in [0.1, 0.15) is 32.8 Å². The molecule has 0 heterocycles. The monoisotopic (exact) mass is 513 g/mol. The van der Waals surface area contributed by atoms with Crippen molar-refractivity contribution in [2.45, 2.75) is 45.8 Å². The number of hydrogen-bond donors (Lipinski definition) is 1. The number of carbonyl (C=O) groups is 2. The maximum absolute atomic E-state index is 13.4. The summed E-state index contributed by atoms with van der Waals surface area (Å²) in [7, 11) is -3.76. The van der Waals surface area contributed by atoms with E-state index in [4.69, 9.17) is 23.2 Å². The van der Waals surface area contributed by atoms with Gasteiger partial charge in [0.25, 0.3) is 0 Å². The summed E-state index contributed by atoms with van der Waals surface area (Å²) in [6.07, 6.45) is 1.76. The minimum Gasteiger partial charge on any atom is -0.352 e. The maximum atomic E-state index is 13.4. The summed E-state index contributed by atoms with van der Waals surface area (Å²) < 4.78 is 26.0. The molecule has 0 saturated carbocycles. The first-order valence-corrected chi connectivity index (χ1v) is 13.1. The van der Waals surface area contributed by atoms with E-state index >= 15 is 0 Å². The fourth-order valence-electron chi connectivity index (χ4n) is 3.09. The molecule has 0 aliphatic carbocycles. The van der Waals surface area contributed by atoms with E-state index in [0.29, 0.717) is 21.3 Å². The van der Waals surface area contributed by atoms with Crippen molar-refractivity contribution in [1.29, 1.82) is 0 Å².